The number of methoxy groups -OCH3 is 1. The molecule has 0 saturated carbocycles. The molecule has 1 unspecified atom stereocenters. The second-order valence-electron chi connectivity index (χ2n) is 6.14. The van der Waals surface area contributed by atoms with E-state index in [9.17, 15) is 9.59 Å². The van der Waals surface area contributed by atoms with Crippen LogP contribution in [-0.2, 0) is 14.2 Å². The Hall–Kier alpha value is -1.95. The Labute approximate surface area is 156 Å². The SMILES string of the molecule is CCCCCCC(CCCOC)OC(=O)c1cccc(C(=O)OCC)n1. The molecule has 0 aliphatic heterocycles. The summed E-state index contributed by atoms with van der Waals surface area (Å²) in [4.78, 5) is 28.3. The van der Waals surface area contributed by atoms with Gasteiger partial charge in [-0.25, -0.2) is 14.6 Å². The fraction of sp³-hybridized carbons (Fsp3) is 0.650. The summed E-state index contributed by atoms with van der Waals surface area (Å²) in [6.07, 6.45) is 6.75. The summed E-state index contributed by atoms with van der Waals surface area (Å²) < 4.78 is 15.7. The summed E-state index contributed by atoms with van der Waals surface area (Å²) >= 11 is 0. The van der Waals surface area contributed by atoms with Gasteiger partial charge in [0, 0.05) is 13.7 Å². The van der Waals surface area contributed by atoms with E-state index in [0.717, 1.165) is 32.1 Å². The zero-order chi connectivity index (χ0) is 19.2. The van der Waals surface area contributed by atoms with Crippen molar-refractivity contribution < 1.29 is 23.8 Å². The molecule has 1 aromatic rings. The highest BCUT2D eigenvalue weighted by atomic mass is 16.5. The van der Waals surface area contributed by atoms with Gasteiger partial charge in [0.05, 0.1) is 6.61 Å². The number of aromatic nitrogens is 1. The van der Waals surface area contributed by atoms with Crippen LogP contribution in [0.4, 0.5) is 0 Å². The molecule has 0 aliphatic carbocycles. The number of rotatable bonds is 13. The molecule has 146 valence electrons. The maximum atomic E-state index is 12.4. The fourth-order valence-electron chi connectivity index (χ4n) is 2.60. The van der Waals surface area contributed by atoms with Gasteiger partial charge in [-0.1, -0.05) is 32.3 Å². The summed E-state index contributed by atoms with van der Waals surface area (Å²) in [5.74, 6) is -1.05. The molecule has 0 aliphatic rings. The van der Waals surface area contributed by atoms with Crippen LogP contribution in [0.1, 0.15) is 79.8 Å². The third-order valence-corrected chi connectivity index (χ3v) is 3.97. The predicted octanol–water partition coefficient (Wildman–Crippen LogP) is 4.18. The number of esters is 2. The molecule has 0 amide bonds. The molecule has 0 N–H and O–H groups in total. The number of ether oxygens (including phenoxy) is 3. The van der Waals surface area contributed by atoms with Crippen LogP contribution in [0.15, 0.2) is 18.2 Å². The van der Waals surface area contributed by atoms with Gasteiger partial charge >= 0.3 is 11.9 Å². The Morgan fingerprint density at radius 3 is 2.35 bits per heavy atom. The molecule has 0 saturated heterocycles. The molecular formula is C20H31NO5. The van der Waals surface area contributed by atoms with Gasteiger partial charge in [0.2, 0.25) is 0 Å². The van der Waals surface area contributed by atoms with Crippen LogP contribution in [0, 0.1) is 0 Å². The van der Waals surface area contributed by atoms with E-state index in [1.54, 1.807) is 26.2 Å². The molecule has 6 nitrogen and oxygen atoms in total. The standard InChI is InChI=1S/C20H31NO5/c1-4-6-7-8-11-16(12-10-15-24-3)26-20(23)18-14-9-13-17(21-18)19(22)25-5-2/h9,13-14,16H,4-8,10-12,15H2,1-3H3. The molecule has 1 heterocycles. The van der Waals surface area contributed by atoms with Crippen molar-refractivity contribution in [2.75, 3.05) is 20.3 Å². The lowest BCUT2D eigenvalue weighted by molar-refractivity contribution is 0.0225. The summed E-state index contributed by atoms with van der Waals surface area (Å²) in [6.45, 7) is 4.78. The molecule has 1 aromatic heterocycles. The molecule has 0 fully saturated rings. The van der Waals surface area contributed by atoms with Crippen molar-refractivity contribution in [3.05, 3.63) is 29.6 Å². The smallest absolute Gasteiger partial charge is 0.357 e. The highest BCUT2D eigenvalue weighted by Crippen LogP contribution is 2.15. The first kappa shape index (κ1) is 22.1. The van der Waals surface area contributed by atoms with Gasteiger partial charge in [0.1, 0.15) is 17.5 Å². The third kappa shape index (κ3) is 8.43. The Balaban J connectivity index is 2.68. The van der Waals surface area contributed by atoms with E-state index in [2.05, 4.69) is 11.9 Å². The van der Waals surface area contributed by atoms with Gasteiger partial charge in [-0.2, -0.15) is 0 Å². The minimum absolute atomic E-state index is 0.111. The lowest BCUT2D eigenvalue weighted by Gasteiger charge is -2.18. The summed E-state index contributed by atoms with van der Waals surface area (Å²) in [7, 11) is 1.66. The number of nitrogens with zero attached hydrogens (tertiary/aromatic N) is 1. The van der Waals surface area contributed by atoms with Crippen molar-refractivity contribution >= 4 is 11.9 Å². The van der Waals surface area contributed by atoms with E-state index in [1.165, 1.54) is 18.9 Å². The normalized spacial score (nSPS) is 11.8. The lowest BCUT2D eigenvalue weighted by atomic mass is 10.1. The number of hydrogen-bond donors (Lipinski definition) is 0. The first-order chi connectivity index (χ1) is 12.6. The Morgan fingerprint density at radius 2 is 1.69 bits per heavy atom. The van der Waals surface area contributed by atoms with E-state index >= 15 is 0 Å². The minimum Gasteiger partial charge on any atom is -0.461 e. The molecule has 1 atom stereocenters. The van der Waals surface area contributed by atoms with Crippen LogP contribution in [0.5, 0.6) is 0 Å². The van der Waals surface area contributed by atoms with Crippen LogP contribution >= 0.6 is 0 Å². The van der Waals surface area contributed by atoms with Crippen molar-refractivity contribution in [1.29, 1.82) is 0 Å². The predicted molar refractivity (Wildman–Crippen MR) is 99.3 cm³/mol. The van der Waals surface area contributed by atoms with Gasteiger partial charge in [0.25, 0.3) is 0 Å². The number of unbranched alkanes of at least 4 members (excludes halogenated alkanes) is 3. The molecule has 0 aromatic carbocycles. The Bertz CT molecular complexity index is 547. The van der Waals surface area contributed by atoms with E-state index in [1.807, 2.05) is 0 Å². The van der Waals surface area contributed by atoms with Crippen LogP contribution in [-0.4, -0.2) is 43.4 Å². The van der Waals surface area contributed by atoms with Crippen molar-refractivity contribution in [1.82, 2.24) is 4.98 Å². The quantitative estimate of drug-likeness (QED) is 0.386. The molecular weight excluding hydrogens is 334 g/mol. The van der Waals surface area contributed by atoms with Crippen molar-refractivity contribution in [3.63, 3.8) is 0 Å². The van der Waals surface area contributed by atoms with Crippen molar-refractivity contribution in [2.24, 2.45) is 0 Å². The maximum absolute atomic E-state index is 12.4. The zero-order valence-corrected chi connectivity index (χ0v) is 16.2. The Morgan fingerprint density at radius 1 is 1.00 bits per heavy atom. The molecule has 0 radical (unpaired) electrons. The largest absolute Gasteiger partial charge is 0.461 e. The van der Waals surface area contributed by atoms with Gasteiger partial charge in [-0.05, 0) is 44.7 Å². The summed E-state index contributed by atoms with van der Waals surface area (Å²) in [6, 6.07) is 4.68. The van der Waals surface area contributed by atoms with E-state index in [-0.39, 0.29) is 24.1 Å². The topological polar surface area (TPSA) is 74.7 Å². The zero-order valence-electron chi connectivity index (χ0n) is 16.2. The van der Waals surface area contributed by atoms with E-state index in [4.69, 9.17) is 14.2 Å². The van der Waals surface area contributed by atoms with Gasteiger partial charge < -0.3 is 14.2 Å². The monoisotopic (exact) mass is 365 g/mol. The number of carbonyl (C=O) groups excluding carboxylic acids is 2. The van der Waals surface area contributed by atoms with Crippen LogP contribution in [0.2, 0.25) is 0 Å². The minimum atomic E-state index is -0.543. The molecule has 6 heteroatoms. The average Bonchev–Trinajstić information content (AvgIpc) is 2.65. The Kier molecular flexibility index (Phi) is 11.3. The van der Waals surface area contributed by atoms with Crippen LogP contribution in [0.25, 0.3) is 0 Å². The highest BCUT2D eigenvalue weighted by molar-refractivity contribution is 5.91. The molecule has 26 heavy (non-hydrogen) atoms. The third-order valence-electron chi connectivity index (χ3n) is 3.97. The lowest BCUT2D eigenvalue weighted by Crippen LogP contribution is -2.20. The fourth-order valence-corrected chi connectivity index (χ4v) is 2.60. The molecule has 0 bridgehead atoms. The second kappa shape index (κ2) is 13.3. The summed E-state index contributed by atoms with van der Waals surface area (Å²) in [5.41, 5.74) is 0.237. The maximum Gasteiger partial charge on any atom is 0.357 e. The van der Waals surface area contributed by atoms with Gasteiger partial charge in [0.15, 0.2) is 0 Å². The van der Waals surface area contributed by atoms with E-state index < -0.39 is 11.9 Å². The summed E-state index contributed by atoms with van der Waals surface area (Å²) in [5, 5.41) is 0. The highest BCUT2D eigenvalue weighted by Gasteiger charge is 2.18. The molecule has 1 rings (SSSR count). The number of carbonyl (C=O) groups is 2. The number of pyridine rings is 1. The van der Waals surface area contributed by atoms with Gasteiger partial charge in [-0.15, -0.1) is 0 Å². The average molecular weight is 365 g/mol. The van der Waals surface area contributed by atoms with Gasteiger partial charge in [-0.3, -0.25) is 0 Å². The number of hydrogen-bond acceptors (Lipinski definition) is 6. The first-order valence-electron chi connectivity index (χ1n) is 9.46. The molecule has 0 spiro atoms. The van der Waals surface area contributed by atoms with Crippen molar-refractivity contribution in [2.45, 2.75) is 64.9 Å². The second-order valence-corrected chi connectivity index (χ2v) is 6.14. The first-order valence-corrected chi connectivity index (χ1v) is 9.46. The van der Waals surface area contributed by atoms with E-state index in [0.29, 0.717) is 6.61 Å². The van der Waals surface area contributed by atoms with Crippen LogP contribution in [0.3, 0.4) is 0 Å². The van der Waals surface area contributed by atoms with Crippen molar-refractivity contribution in [3.8, 4) is 0 Å². The van der Waals surface area contributed by atoms with Crippen LogP contribution < -0.4 is 0 Å².